The van der Waals surface area contributed by atoms with Gasteiger partial charge in [-0.1, -0.05) is 12.2 Å². The predicted octanol–water partition coefficient (Wildman–Crippen LogP) is 2.65. The normalized spacial score (nSPS) is 29.2. The zero-order valence-electron chi connectivity index (χ0n) is 14.9. The van der Waals surface area contributed by atoms with E-state index in [9.17, 15) is 4.79 Å². The zero-order valence-corrected chi connectivity index (χ0v) is 14.9. The minimum atomic E-state index is -0.300. The summed E-state index contributed by atoms with van der Waals surface area (Å²) in [5, 5.41) is 0. The van der Waals surface area contributed by atoms with Gasteiger partial charge in [-0.3, -0.25) is 4.79 Å². The summed E-state index contributed by atoms with van der Waals surface area (Å²) in [5.41, 5.74) is 1.87. The minimum absolute atomic E-state index is 0.0746. The van der Waals surface area contributed by atoms with Crippen molar-refractivity contribution < 1.29 is 19.0 Å². The van der Waals surface area contributed by atoms with Gasteiger partial charge in [-0.15, -0.1) is 0 Å². The standard InChI is InChI=1S/C21H25NO4/c23-21(17-3-4-19-16(11-17)5-6-24-19)22(13-20-25-7-8-26-20)12-18-10-14-1-2-15(18)9-14/h1-4,11,14-15,18,20H,5-10,12-13H2/t14-,15+,18-/m1/s1. The Morgan fingerprint density at radius 1 is 1.08 bits per heavy atom. The third kappa shape index (κ3) is 3.03. The van der Waals surface area contributed by atoms with E-state index in [2.05, 4.69) is 12.2 Å². The van der Waals surface area contributed by atoms with Gasteiger partial charge < -0.3 is 19.1 Å². The van der Waals surface area contributed by atoms with Crippen LogP contribution in [0.5, 0.6) is 5.75 Å². The predicted molar refractivity (Wildman–Crippen MR) is 96.1 cm³/mol. The molecular formula is C21H25NO4. The van der Waals surface area contributed by atoms with E-state index < -0.39 is 0 Å². The summed E-state index contributed by atoms with van der Waals surface area (Å²) in [6.45, 7) is 3.21. The SMILES string of the molecule is O=C(c1ccc2c(c1)CCO2)N(CC1OCCO1)C[C@H]1C[C@@H]2C=C[C@H]1C2. The van der Waals surface area contributed by atoms with Crippen molar-refractivity contribution in [3.8, 4) is 5.75 Å². The number of nitrogens with zero attached hydrogens (tertiary/aromatic N) is 1. The molecule has 0 N–H and O–H groups in total. The number of hydrogen-bond acceptors (Lipinski definition) is 4. The summed E-state index contributed by atoms with van der Waals surface area (Å²) in [6.07, 6.45) is 7.70. The summed E-state index contributed by atoms with van der Waals surface area (Å²) in [7, 11) is 0. The van der Waals surface area contributed by atoms with Gasteiger partial charge in [0.15, 0.2) is 6.29 Å². The number of benzene rings is 1. The van der Waals surface area contributed by atoms with Gasteiger partial charge in [0.25, 0.3) is 5.91 Å². The van der Waals surface area contributed by atoms with Crippen LogP contribution in [0.4, 0.5) is 0 Å². The maximum Gasteiger partial charge on any atom is 0.254 e. The van der Waals surface area contributed by atoms with Crippen molar-refractivity contribution in [2.45, 2.75) is 25.6 Å². The second-order valence-corrected chi connectivity index (χ2v) is 7.84. The molecule has 0 unspecified atom stereocenters. The molecule has 2 bridgehead atoms. The average molecular weight is 355 g/mol. The molecule has 1 saturated heterocycles. The van der Waals surface area contributed by atoms with Crippen molar-refractivity contribution in [1.29, 1.82) is 0 Å². The number of rotatable bonds is 5. The average Bonchev–Trinajstić information content (AvgIpc) is 3.43. The van der Waals surface area contributed by atoms with E-state index in [1.54, 1.807) is 0 Å². The van der Waals surface area contributed by atoms with Crippen LogP contribution in [-0.4, -0.2) is 50.0 Å². The van der Waals surface area contributed by atoms with Crippen molar-refractivity contribution in [3.05, 3.63) is 41.5 Å². The molecule has 2 aliphatic carbocycles. The molecule has 5 rings (SSSR count). The summed E-state index contributed by atoms with van der Waals surface area (Å²) in [4.78, 5) is 15.2. The molecule has 4 aliphatic rings. The van der Waals surface area contributed by atoms with E-state index in [1.165, 1.54) is 12.8 Å². The summed E-state index contributed by atoms with van der Waals surface area (Å²) in [5.74, 6) is 2.86. The molecule has 2 fully saturated rings. The largest absolute Gasteiger partial charge is 0.493 e. The van der Waals surface area contributed by atoms with Crippen molar-refractivity contribution in [2.24, 2.45) is 17.8 Å². The molecule has 5 heteroatoms. The summed E-state index contributed by atoms with van der Waals surface area (Å²) < 4.78 is 16.8. The molecular weight excluding hydrogens is 330 g/mol. The lowest BCUT2D eigenvalue weighted by Gasteiger charge is -2.30. The topological polar surface area (TPSA) is 48.0 Å². The first-order valence-corrected chi connectivity index (χ1v) is 9.73. The Morgan fingerprint density at radius 2 is 1.96 bits per heavy atom. The first kappa shape index (κ1) is 16.3. The quantitative estimate of drug-likeness (QED) is 0.762. The Labute approximate surface area is 153 Å². The van der Waals surface area contributed by atoms with Crippen LogP contribution in [0.25, 0.3) is 0 Å². The van der Waals surface area contributed by atoms with Gasteiger partial charge in [0.1, 0.15) is 5.75 Å². The number of hydrogen-bond donors (Lipinski definition) is 0. The van der Waals surface area contributed by atoms with E-state index in [0.29, 0.717) is 44.1 Å². The molecule has 1 aromatic rings. The van der Waals surface area contributed by atoms with Gasteiger partial charge in [0, 0.05) is 18.5 Å². The highest BCUT2D eigenvalue weighted by molar-refractivity contribution is 5.94. The van der Waals surface area contributed by atoms with Crippen LogP contribution in [0.15, 0.2) is 30.4 Å². The first-order valence-electron chi connectivity index (χ1n) is 9.73. The molecule has 1 saturated carbocycles. The molecule has 3 atom stereocenters. The lowest BCUT2D eigenvalue weighted by molar-refractivity contribution is -0.0592. The van der Waals surface area contributed by atoms with Crippen molar-refractivity contribution in [1.82, 2.24) is 4.90 Å². The van der Waals surface area contributed by atoms with Gasteiger partial charge in [-0.25, -0.2) is 0 Å². The number of allylic oxidation sites excluding steroid dienone is 2. The lowest BCUT2D eigenvalue weighted by Crippen LogP contribution is -2.41. The zero-order chi connectivity index (χ0) is 17.5. The molecule has 1 amide bonds. The van der Waals surface area contributed by atoms with Gasteiger partial charge in [-0.05, 0) is 54.4 Å². The Kier molecular flexibility index (Phi) is 4.21. The highest BCUT2D eigenvalue weighted by atomic mass is 16.7. The third-order valence-corrected chi connectivity index (χ3v) is 6.16. The van der Waals surface area contributed by atoms with Crippen LogP contribution < -0.4 is 4.74 Å². The van der Waals surface area contributed by atoms with Crippen LogP contribution in [0, 0.1) is 17.8 Å². The Hall–Kier alpha value is -1.85. The Morgan fingerprint density at radius 3 is 2.73 bits per heavy atom. The molecule has 138 valence electrons. The molecule has 2 heterocycles. The van der Waals surface area contributed by atoms with E-state index in [0.717, 1.165) is 29.8 Å². The minimum Gasteiger partial charge on any atom is -0.493 e. The van der Waals surface area contributed by atoms with Crippen molar-refractivity contribution in [3.63, 3.8) is 0 Å². The first-order chi connectivity index (χ1) is 12.8. The monoisotopic (exact) mass is 355 g/mol. The van der Waals surface area contributed by atoms with Crippen molar-refractivity contribution in [2.75, 3.05) is 32.9 Å². The molecule has 0 radical (unpaired) electrons. The highest BCUT2D eigenvalue weighted by Gasteiger charge is 2.38. The number of amides is 1. The van der Waals surface area contributed by atoms with Gasteiger partial charge >= 0.3 is 0 Å². The highest BCUT2D eigenvalue weighted by Crippen LogP contribution is 2.43. The van der Waals surface area contributed by atoms with Crippen LogP contribution >= 0.6 is 0 Å². The fourth-order valence-corrected chi connectivity index (χ4v) is 4.82. The maximum atomic E-state index is 13.3. The van der Waals surface area contributed by atoms with Gasteiger partial charge in [0.2, 0.25) is 0 Å². The Balaban J connectivity index is 1.35. The molecule has 1 aromatic carbocycles. The fourth-order valence-electron chi connectivity index (χ4n) is 4.82. The number of fused-ring (bicyclic) bond motifs is 3. The summed E-state index contributed by atoms with van der Waals surface area (Å²) >= 11 is 0. The number of ether oxygens (including phenoxy) is 3. The lowest BCUT2D eigenvalue weighted by atomic mass is 9.93. The maximum absolute atomic E-state index is 13.3. The van der Waals surface area contributed by atoms with Crippen molar-refractivity contribution >= 4 is 5.91 Å². The molecule has 2 aliphatic heterocycles. The smallest absolute Gasteiger partial charge is 0.254 e. The van der Waals surface area contributed by atoms with E-state index in [1.807, 2.05) is 23.1 Å². The van der Waals surface area contributed by atoms with Crippen LogP contribution in [0.2, 0.25) is 0 Å². The summed E-state index contributed by atoms with van der Waals surface area (Å²) in [6, 6.07) is 5.81. The molecule has 26 heavy (non-hydrogen) atoms. The molecule has 0 spiro atoms. The number of carbonyl (C=O) groups excluding carboxylic acids is 1. The van der Waals surface area contributed by atoms with E-state index in [4.69, 9.17) is 14.2 Å². The molecule has 5 nitrogen and oxygen atoms in total. The Bertz CT molecular complexity index is 725. The fraction of sp³-hybridized carbons (Fsp3) is 0.571. The van der Waals surface area contributed by atoms with Gasteiger partial charge in [0.05, 0.1) is 26.4 Å². The van der Waals surface area contributed by atoms with E-state index in [-0.39, 0.29) is 12.2 Å². The van der Waals surface area contributed by atoms with Crippen LogP contribution in [0.1, 0.15) is 28.8 Å². The van der Waals surface area contributed by atoms with Gasteiger partial charge in [-0.2, -0.15) is 0 Å². The third-order valence-electron chi connectivity index (χ3n) is 6.16. The molecule has 0 aromatic heterocycles. The van der Waals surface area contributed by atoms with Crippen LogP contribution in [0.3, 0.4) is 0 Å². The second-order valence-electron chi connectivity index (χ2n) is 7.84. The van der Waals surface area contributed by atoms with E-state index >= 15 is 0 Å². The number of carbonyl (C=O) groups is 1. The second kappa shape index (κ2) is 6.71. The van der Waals surface area contributed by atoms with Crippen LogP contribution in [-0.2, 0) is 15.9 Å².